The van der Waals surface area contributed by atoms with Crippen molar-refractivity contribution in [1.29, 1.82) is 0 Å². The number of nitrogens with one attached hydrogen (secondary N) is 2. The van der Waals surface area contributed by atoms with Gasteiger partial charge in [0.1, 0.15) is 0 Å². The molecule has 0 radical (unpaired) electrons. The maximum atomic E-state index is 9.69. The third-order valence-electron chi connectivity index (χ3n) is 0.701. The average molecular weight is 148 g/mol. The molecule has 0 bridgehead atoms. The first-order valence-electron chi connectivity index (χ1n) is 2.93. The SMILES string of the molecule is CCSNCCNC=O. The molecular formula is C5H12N2OS. The summed E-state index contributed by atoms with van der Waals surface area (Å²) in [5.41, 5.74) is 0. The highest BCUT2D eigenvalue weighted by Gasteiger charge is 1.81. The number of carbonyl (C=O) groups excluding carboxylic acids is 1. The summed E-state index contributed by atoms with van der Waals surface area (Å²) in [7, 11) is 0. The van der Waals surface area contributed by atoms with E-state index in [4.69, 9.17) is 0 Å². The molecule has 9 heavy (non-hydrogen) atoms. The Hall–Kier alpha value is -0.220. The third-order valence-corrected chi connectivity index (χ3v) is 1.40. The molecule has 0 saturated carbocycles. The van der Waals surface area contributed by atoms with Crippen LogP contribution in [0.1, 0.15) is 6.92 Å². The summed E-state index contributed by atoms with van der Waals surface area (Å²) in [4.78, 5) is 9.69. The highest BCUT2D eigenvalue weighted by atomic mass is 32.2. The van der Waals surface area contributed by atoms with Crippen LogP contribution < -0.4 is 10.0 Å². The number of hydrogen-bond acceptors (Lipinski definition) is 3. The Balaban J connectivity index is 2.66. The first kappa shape index (κ1) is 8.78. The predicted molar refractivity (Wildman–Crippen MR) is 40.2 cm³/mol. The topological polar surface area (TPSA) is 41.1 Å². The van der Waals surface area contributed by atoms with Gasteiger partial charge in [0.25, 0.3) is 0 Å². The Morgan fingerprint density at radius 3 is 2.89 bits per heavy atom. The van der Waals surface area contributed by atoms with Gasteiger partial charge < -0.3 is 5.32 Å². The van der Waals surface area contributed by atoms with Crippen LogP contribution in [0.3, 0.4) is 0 Å². The van der Waals surface area contributed by atoms with Crippen LogP contribution in [0.4, 0.5) is 0 Å². The van der Waals surface area contributed by atoms with Gasteiger partial charge in [-0.1, -0.05) is 18.9 Å². The first-order chi connectivity index (χ1) is 4.41. The van der Waals surface area contributed by atoms with E-state index in [-0.39, 0.29) is 0 Å². The van der Waals surface area contributed by atoms with E-state index in [0.717, 1.165) is 12.3 Å². The minimum atomic E-state index is 0.705. The van der Waals surface area contributed by atoms with Gasteiger partial charge in [0, 0.05) is 18.8 Å². The minimum Gasteiger partial charge on any atom is -0.357 e. The van der Waals surface area contributed by atoms with Crippen LogP contribution in [-0.4, -0.2) is 25.3 Å². The molecule has 1 amide bonds. The molecule has 0 rings (SSSR count). The molecule has 0 aliphatic rings. The van der Waals surface area contributed by atoms with Gasteiger partial charge in [-0.25, -0.2) is 0 Å². The molecule has 0 spiro atoms. The predicted octanol–water partition coefficient (Wildman–Crippen LogP) is -0.00990. The van der Waals surface area contributed by atoms with E-state index < -0.39 is 0 Å². The molecule has 0 aromatic rings. The molecular weight excluding hydrogens is 136 g/mol. The largest absolute Gasteiger partial charge is 0.357 e. The number of carbonyl (C=O) groups is 1. The maximum Gasteiger partial charge on any atom is 0.207 e. The van der Waals surface area contributed by atoms with Gasteiger partial charge in [-0.05, 0) is 0 Å². The Kier molecular flexibility index (Phi) is 7.59. The highest BCUT2D eigenvalue weighted by Crippen LogP contribution is 1.86. The van der Waals surface area contributed by atoms with Gasteiger partial charge in [0.15, 0.2) is 0 Å². The fourth-order valence-corrected chi connectivity index (χ4v) is 0.807. The molecule has 2 N–H and O–H groups in total. The number of amides is 1. The molecule has 0 fully saturated rings. The normalized spacial score (nSPS) is 9.00. The zero-order chi connectivity index (χ0) is 6.95. The molecule has 0 heterocycles. The van der Waals surface area contributed by atoms with Crippen LogP contribution in [-0.2, 0) is 4.79 Å². The lowest BCUT2D eigenvalue weighted by atomic mass is 10.7. The van der Waals surface area contributed by atoms with Crippen molar-refractivity contribution in [3.63, 3.8) is 0 Å². The van der Waals surface area contributed by atoms with Gasteiger partial charge in [-0.2, -0.15) is 0 Å². The van der Waals surface area contributed by atoms with Crippen molar-refractivity contribution in [2.75, 3.05) is 18.8 Å². The molecule has 0 aliphatic carbocycles. The van der Waals surface area contributed by atoms with E-state index in [2.05, 4.69) is 17.0 Å². The maximum absolute atomic E-state index is 9.69. The zero-order valence-corrected chi connectivity index (χ0v) is 6.33. The second-order valence-electron chi connectivity index (χ2n) is 1.40. The van der Waals surface area contributed by atoms with Gasteiger partial charge in [0.05, 0.1) is 0 Å². The van der Waals surface area contributed by atoms with Crippen LogP contribution in [0.25, 0.3) is 0 Å². The molecule has 4 heteroatoms. The minimum absolute atomic E-state index is 0.705. The van der Waals surface area contributed by atoms with Crippen molar-refractivity contribution in [1.82, 2.24) is 10.0 Å². The third kappa shape index (κ3) is 7.78. The van der Waals surface area contributed by atoms with Crippen LogP contribution >= 0.6 is 11.9 Å². The van der Waals surface area contributed by atoms with Gasteiger partial charge in [-0.15, -0.1) is 0 Å². The number of hydrogen-bond donors (Lipinski definition) is 2. The second kappa shape index (κ2) is 7.78. The van der Waals surface area contributed by atoms with Crippen LogP contribution in [0.5, 0.6) is 0 Å². The molecule has 0 unspecified atom stereocenters. The van der Waals surface area contributed by atoms with Crippen LogP contribution in [0.2, 0.25) is 0 Å². The molecule has 0 atom stereocenters. The van der Waals surface area contributed by atoms with Crippen molar-refractivity contribution in [2.24, 2.45) is 0 Å². The van der Waals surface area contributed by atoms with Crippen LogP contribution in [0, 0.1) is 0 Å². The van der Waals surface area contributed by atoms with Crippen molar-refractivity contribution in [3.05, 3.63) is 0 Å². The monoisotopic (exact) mass is 148 g/mol. The smallest absolute Gasteiger partial charge is 0.207 e. The summed E-state index contributed by atoms with van der Waals surface area (Å²) in [6.45, 7) is 3.61. The Labute approximate surface area is 59.7 Å². The summed E-state index contributed by atoms with van der Waals surface area (Å²) in [6.07, 6.45) is 0.707. The van der Waals surface area contributed by atoms with Crippen molar-refractivity contribution >= 4 is 18.4 Å². The lowest BCUT2D eigenvalue weighted by molar-refractivity contribution is -0.109. The molecule has 54 valence electrons. The van der Waals surface area contributed by atoms with Gasteiger partial charge >= 0.3 is 0 Å². The van der Waals surface area contributed by atoms with E-state index in [1.54, 1.807) is 11.9 Å². The van der Waals surface area contributed by atoms with E-state index in [1.165, 1.54) is 0 Å². The van der Waals surface area contributed by atoms with Gasteiger partial charge in [-0.3, -0.25) is 9.52 Å². The molecule has 0 aliphatic heterocycles. The standard InChI is InChI=1S/C5H12N2OS/c1-2-9-7-4-3-6-5-8/h5,7H,2-4H2,1H3,(H,6,8). The van der Waals surface area contributed by atoms with E-state index in [1.807, 2.05) is 0 Å². The van der Waals surface area contributed by atoms with Crippen molar-refractivity contribution in [3.8, 4) is 0 Å². The van der Waals surface area contributed by atoms with Crippen molar-refractivity contribution in [2.45, 2.75) is 6.92 Å². The highest BCUT2D eigenvalue weighted by molar-refractivity contribution is 7.97. The van der Waals surface area contributed by atoms with Gasteiger partial charge in [0.2, 0.25) is 6.41 Å². The summed E-state index contributed by atoms with van der Waals surface area (Å²) in [5.74, 6) is 1.06. The van der Waals surface area contributed by atoms with E-state index in [9.17, 15) is 4.79 Å². The summed E-state index contributed by atoms with van der Waals surface area (Å²) in [6, 6.07) is 0. The second-order valence-corrected chi connectivity index (χ2v) is 2.55. The Morgan fingerprint density at radius 2 is 2.33 bits per heavy atom. The van der Waals surface area contributed by atoms with Crippen molar-refractivity contribution < 1.29 is 4.79 Å². The number of rotatable bonds is 6. The summed E-state index contributed by atoms with van der Waals surface area (Å²) < 4.78 is 3.07. The quantitative estimate of drug-likeness (QED) is 0.316. The lowest BCUT2D eigenvalue weighted by Gasteiger charge is -1.98. The van der Waals surface area contributed by atoms with Crippen LogP contribution in [0.15, 0.2) is 0 Å². The average Bonchev–Trinajstić information content (AvgIpc) is 1.89. The molecule has 0 saturated heterocycles. The molecule has 0 aromatic heterocycles. The Bertz CT molecular complexity index is 70.0. The zero-order valence-electron chi connectivity index (χ0n) is 5.52. The lowest BCUT2D eigenvalue weighted by Crippen LogP contribution is -2.22. The Morgan fingerprint density at radius 1 is 1.56 bits per heavy atom. The fraction of sp³-hybridized carbons (Fsp3) is 0.800. The summed E-state index contributed by atoms with van der Waals surface area (Å²) >= 11 is 1.65. The first-order valence-corrected chi connectivity index (χ1v) is 3.92. The fourth-order valence-electron chi connectivity index (χ4n) is 0.356. The van der Waals surface area contributed by atoms with E-state index >= 15 is 0 Å². The van der Waals surface area contributed by atoms with E-state index in [0.29, 0.717) is 13.0 Å². The molecule has 3 nitrogen and oxygen atoms in total. The summed E-state index contributed by atoms with van der Waals surface area (Å²) in [5, 5.41) is 2.55. The molecule has 0 aromatic carbocycles.